The van der Waals surface area contributed by atoms with Crippen molar-refractivity contribution in [3.8, 4) is 0 Å². The van der Waals surface area contributed by atoms with E-state index in [2.05, 4.69) is 0 Å². The minimum Gasteiger partial charge on any atom is -0.379 e. The van der Waals surface area contributed by atoms with Gasteiger partial charge < -0.3 is 33.2 Å². The van der Waals surface area contributed by atoms with Gasteiger partial charge >= 0.3 is 0 Å². The summed E-state index contributed by atoms with van der Waals surface area (Å²) in [6.45, 7) is 1.36. The van der Waals surface area contributed by atoms with Gasteiger partial charge in [-0.25, -0.2) is 0 Å². The van der Waals surface area contributed by atoms with Crippen LogP contribution in [0.25, 0.3) is 0 Å². The van der Waals surface area contributed by atoms with Crippen molar-refractivity contribution in [3.05, 3.63) is 35.9 Å². The Morgan fingerprint density at radius 2 is 0.980 bits per heavy atom. The van der Waals surface area contributed by atoms with E-state index in [4.69, 9.17) is 122 Å². The molecular formula is C31H54Cl8O7Si4. The quantitative estimate of drug-likeness (QED) is 0.0495. The molecule has 5 atom stereocenters. The van der Waals surface area contributed by atoms with Gasteiger partial charge in [0.05, 0.1) is 26.4 Å². The zero-order chi connectivity index (χ0) is 37.3. The summed E-state index contributed by atoms with van der Waals surface area (Å²) in [5, 5.41) is 0. The van der Waals surface area contributed by atoms with Gasteiger partial charge in [-0.15, -0.1) is 88.6 Å². The van der Waals surface area contributed by atoms with Gasteiger partial charge in [0, 0.05) is 26.4 Å². The molecule has 2 rings (SSSR count). The number of halogens is 8. The van der Waals surface area contributed by atoms with Crippen LogP contribution in [0.2, 0.25) is 50.4 Å². The van der Waals surface area contributed by atoms with Crippen LogP contribution in [0.1, 0.15) is 31.2 Å². The molecular weight excluding hydrogens is 880 g/mol. The molecule has 0 saturated carbocycles. The molecule has 292 valence electrons. The van der Waals surface area contributed by atoms with Crippen LogP contribution in [0.5, 0.6) is 0 Å². The number of rotatable bonds is 27. The highest BCUT2D eigenvalue weighted by molar-refractivity contribution is 7.46. The molecule has 1 heterocycles. The highest BCUT2D eigenvalue weighted by Gasteiger charge is 2.49. The van der Waals surface area contributed by atoms with Crippen molar-refractivity contribution in [2.45, 2.75) is 113 Å². The number of hydrogen-bond acceptors (Lipinski definition) is 7. The van der Waals surface area contributed by atoms with E-state index >= 15 is 0 Å². The highest BCUT2D eigenvalue weighted by atomic mass is 35.7. The fraction of sp³-hybridized carbons (Fsp3) is 0.806. The number of hydrogen-bond donors (Lipinski definition) is 0. The molecule has 1 fully saturated rings. The standard InChI is InChI=1S/C31H54Cl8O7Si4/c1-47(32,33)20-8-14-40-25-27-28(42-15-9-21-48(2,34)35)29(43-16-10-22-49(3,36)37)30(44-17-11-23-50(4,38)39)31(46-27)45-19-18-41-24-26-12-6-5-7-13-26/h5-7,12-13,27-31H,8-11,14-25H2,1-4H3/t27-,28-,29+,30-,31-/m1/s1. The molecule has 1 saturated heterocycles. The van der Waals surface area contributed by atoms with Crippen LogP contribution >= 0.6 is 88.6 Å². The van der Waals surface area contributed by atoms with Crippen LogP contribution in [-0.2, 0) is 39.8 Å². The summed E-state index contributed by atoms with van der Waals surface area (Å²) in [5.41, 5.74) is 1.08. The van der Waals surface area contributed by atoms with Crippen LogP contribution in [0.4, 0.5) is 0 Å². The fourth-order valence-electron chi connectivity index (χ4n) is 5.19. The van der Waals surface area contributed by atoms with E-state index < -0.39 is 57.5 Å². The molecule has 0 radical (unpaired) electrons. The molecule has 0 amide bonds. The molecule has 1 aliphatic rings. The first-order chi connectivity index (χ1) is 23.3. The van der Waals surface area contributed by atoms with Gasteiger partial charge in [0.25, 0.3) is 0 Å². The van der Waals surface area contributed by atoms with Crippen molar-refractivity contribution in [1.29, 1.82) is 0 Å². The maximum absolute atomic E-state index is 6.61. The summed E-state index contributed by atoms with van der Waals surface area (Å²) in [6.07, 6.45) is -0.334. The Balaban J connectivity index is 2.28. The molecule has 50 heavy (non-hydrogen) atoms. The average Bonchev–Trinajstić information content (AvgIpc) is 2.99. The van der Waals surface area contributed by atoms with Gasteiger partial charge in [0.2, 0.25) is 26.8 Å². The maximum Gasteiger partial charge on any atom is 0.248 e. The van der Waals surface area contributed by atoms with Crippen LogP contribution in [-0.4, -0.2) is 104 Å². The second-order valence-electron chi connectivity index (χ2n) is 13.2. The molecule has 0 bridgehead atoms. The van der Waals surface area contributed by atoms with Gasteiger partial charge in [-0.2, -0.15) is 0 Å². The van der Waals surface area contributed by atoms with Gasteiger partial charge in [-0.1, -0.05) is 30.3 Å². The van der Waals surface area contributed by atoms with Gasteiger partial charge in [-0.05, 0) is 81.6 Å². The molecule has 19 heteroatoms. The Kier molecular flexibility index (Phi) is 23.8. The normalized spacial score (nSPS) is 22.3. The molecule has 1 aromatic carbocycles. The summed E-state index contributed by atoms with van der Waals surface area (Å²) in [4.78, 5) is 0. The van der Waals surface area contributed by atoms with Crippen LogP contribution < -0.4 is 0 Å². The third kappa shape index (κ3) is 23.9. The van der Waals surface area contributed by atoms with E-state index in [0.29, 0.717) is 83.1 Å². The SMILES string of the molecule is C[Si](Cl)(Cl)CCCOC[C@H]1O[C@@H](OCCOCc2ccccc2)[C@H](OCCC[Si](C)(Cl)Cl)[C@@H](OCCC[Si](C)(Cl)Cl)[C@@H]1OCCC[Si](C)(Cl)Cl. The molecule has 1 aromatic rings. The van der Waals surface area contributed by atoms with E-state index in [1.165, 1.54) is 0 Å². The fourth-order valence-corrected chi connectivity index (χ4v) is 11.5. The lowest BCUT2D eigenvalue weighted by atomic mass is 9.98. The van der Waals surface area contributed by atoms with Crippen molar-refractivity contribution < 1.29 is 33.2 Å². The minimum atomic E-state index is -2.32. The molecule has 1 aliphatic heterocycles. The smallest absolute Gasteiger partial charge is 0.248 e. The lowest BCUT2D eigenvalue weighted by molar-refractivity contribution is -0.324. The molecule has 0 aromatic heterocycles. The van der Waals surface area contributed by atoms with Crippen LogP contribution in [0.3, 0.4) is 0 Å². The van der Waals surface area contributed by atoms with E-state index in [-0.39, 0.29) is 13.2 Å². The Hall–Kier alpha value is 2.13. The van der Waals surface area contributed by atoms with Gasteiger partial charge in [0.15, 0.2) is 6.29 Å². The summed E-state index contributed by atoms with van der Waals surface area (Å²) in [6, 6.07) is 12.7. The summed E-state index contributed by atoms with van der Waals surface area (Å²) < 4.78 is 44.6. The summed E-state index contributed by atoms with van der Waals surface area (Å²) >= 11 is 51.0. The van der Waals surface area contributed by atoms with Gasteiger partial charge in [-0.3, -0.25) is 0 Å². The first kappa shape index (κ1) is 48.3. The summed E-state index contributed by atoms with van der Waals surface area (Å²) in [7, 11) is 0. The zero-order valence-electron chi connectivity index (χ0n) is 29.5. The van der Waals surface area contributed by atoms with Gasteiger partial charge in [0.1, 0.15) is 24.4 Å². The monoisotopic (exact) mass is 930 g/mol. The van der Waals surface area contributed by atoms with Crippen molar-refractivity contribution >= 4 is 115 Å². The maximum atomic E-state index is 6.61. The summed E-state index contributed by atoms with van der Waals surface area (Å²) in [5.74, 6) is 0. The molecule has 0 N–H and O–H groups in total. The van der Waals surface area contributed by atoms with Crippen molar-refractivity contribution in [3.63, 3.8) is 0 Å². The first-order valence-corrected chi connectivity index (χ1v) is 36.1. The molecule has 0 aliphatic carbocycles. The van der Waals surface area contributed by atoms with Crippen LogP contribution in [0.15, 0.2) is 30.3 Å². The molecule has 0 spiro atoms. The molecule has 7 nitrogen and oxygen atoms in total. The predicted octanol–water partition coefficient (Wildman–Crippen LogP) is 10.9. The number of ether oxygens (including phenoxy) is 7. The Morgan fingerprint density at radius 3 is 1.48 bits per heavy atom. The largest absolute Gasteiger partial charge is 0.379 e. The predicted molar refractivity (Wildman–Crippen MR) is 222 cm³/mol. The topological polar surface area (TPSA) is 64.6 Å². The Bertz CT molecular complexity index is 1030. The van der Waals surface area contributed by atoms with Crippen molar-refractivity contribution in [1.82, 2.24) is 0 Å². The van der Waals surface area contributed by atoms with E-state index in [1.54, 1.807) is 0 Å². The average molecular weight is 935 g/mol. The third-order valence-corrected chi connectivity index (χ3v) is 17.1. The number of benzene rings is 1. The minimum absolute atomic E-state index is 0.235. The Morgan fingerprint density at radius 1 is 0.520 bits per heavy atom. The first-order valence-electron chi connectivity index (χ1n) is 17.2. The lowest BCUT2D eigenvalue weighted by Gasteiger charge is -2.46. The van der Waals surface area contributed by atoms with Crippen LogP contribution in [0, 0.1) is 0 Å². The van der Waals surface area contributed by atoms with Crippen molar-refractivity contribution in [2.24, 2.45) is 0 Å². The van der Waals surface area contributed by atoms with Crippen molar-refractivity contribution in [2.75, 3.05) is 46.2 Å². The Labute approximate surface area is 341 Å². The van der Waals surface area contributed by atoms with E-state index in [1.807, 2.05) is 56.5 Å². The second kappa shape index (κ2) is 24.7. The van der Waals surface area contributed by atoms with E-state index in [9.17, 15) is 0 Å². The zero-order valence-corrected chi connectivity index (χ0v) is 39.5. The van der Waals surface area contributed by atoms with E-state index in [0.717, 1.165) is 12.0 Å². The second-order valence-corrected chi connectivity index (χ2v) is 46.1. The lowest BCUT2D eigenvalue weighted by Crippen LogP contribution is -2.62. The third-order valence-electron chi connectivity index (χ3n) is 7.61. The highest BCUT2D eigenvalue weighted by Crippen LogP contribution is 2.32. The molecule has 0 unspecified atom stereocenters.